The van der Waals surface area contributed by atoms with E-state index in [2.05, 4.69) is 5.32 Å². The molecule has 2 aliphatic heterocycles. The Morgan fingerprint density at radius 1 is 1.12 bits per heavy atom. The normalized spacial score (nSPS) is 35.5. The number of hydrogen-bond donors (Lipinski definition) is 1. The molecule has 0 aromatic rings. The summed E-state index contributed by atoms with van der Waals surface area (Å²) >= 11 is 0. The largest absolute Gasteiger partial charge is 0.312 e. The first kappa shape index (κ1) is 11.9. The third-order valence-electron chi connectivity index (χ3n) is 4.31. The molecule has 17 heavy (non-hydrogen) atoms. The molecular formula is C12H22N2O2S. The molecule has 1 saturated carbocycles. The molecule has 0 amide bonds. The Morgan fingerprint density at radius 2 is 1.94 bits per heavy atom. The highest BCUT2D eigenvalue weighted by Gasteiger charge is 2.41. The summed E-state index contributed by atoms with van der Waals surface area (Å²) in [6, 6.07) is 0.646. The van der Waals surface area contributed by atoms with Crippen molar-refractivity contribution in [3.8, 4) is 0 Å². The molecule has 0 spiro atoms. The van der Waals surface area contributed by atoms with Crippen molar-refractivity contribution in [3.63, 3.8) is 0 Å². The molecule has 3 aliphatic rings. The SMILES string of the molecule is O=S(=O)(CC1CC1)N1CCCC1C1CCCN1. The summed E-state index contributed by atoms with van der Waals surface area (Å²) < 4.78 is 26.5. The summed E-state index contributed by atoms with van der Waals surface area (Å²) in [6.45, 7) is 1.80. The van der Waals surface area contributed by atoms with Crippen molar-refractivity contribution >= 4 is 10.0 Å². The van der Waals surface area contributed by atoms with Gasteiger partial charge in [0.15, 0.2) is 0 Å². The van der Waals surface area contributed by atoms with Crippen LogP contribution in [-0.2, 0) is 10.0 Å². The minimum absolute atomic E-state index is 0.237. The van der Waals surface area contributed by atoms with E-state index in [1.807, 2.05) is 4.31 Å². The van der Waals surface area contributed by atoms with Crippen molar-refractivity contribution in [3.05, 3.63) is 0 Å². The molecule has 0 aromatic heterocycles. The summed E-state index contributed by atoms with van der Waals surface area (Å²) in [5.41, 5.74) is 0. The van der Waals surface area contributed by atoms with E-state index in [0.29, 0.717) is 17.7 Å². The summed E-state index contributed by atoms with van der Waals surface area (Å²) in [6.07, 6.45) is 6.63. The third-order valence-corrected chi connectivity index (χ3v) is 6.37. The lowest BCUT2D eigenvalue weighted by molar-refractivity contribution is 0.321. The fourth-order valence-corrected chi connectivity index (χ4v) is 5.42. The minimum atomic E-state index is -2.99. The van der Waals surface area contributed by atoms with Crippen LogP contribution in [0.5, 0.6) is 0 Å². The van der Waals surface area contributed by atoms with Crippen molar-refractivity contribution in [1.29, 1.82) is 0 Å². The van der Waals surface area contributed by atoms with Gasteiger partial charge in [-0.1, -0.05) is 0 Å². The van der Waals surface area contributed by atoms with Crippen molar-refractivity contribution in [1.82, 2.24) is 9.62 Å². The number of sulfonamides is 1. The molecule has 0 radical (unpaired) electrons. The summed E-state index contributed by atoms with van der Waals surface area (Å²) in [5, 5.41) is 3.46. The van der Waals surface area contributed by atoms with Crippen LogP contribution in [0.25, 0.3) is 0 Å². The molecule has 5 heteroatoms. The van der Waals surface area contributed by atoms with Gasteiger partial charge >= 0.3 is 0 Å². The van der Waals surface area contributed by atoms with Crippen LogP contribution in [0.3, 0.4) is 0 Å². The van der Waals surface area contributed by atoms with E-state index in [1.165, 1.54) is 6.42 Å². The topological polar surface area (TPSA) is 49.4 Å². The predicted molar refractivity (Wildman–Crippen MR) is 67.3 cm³/mol. The molecule has 3 fully saturated rings. The first-order valence-corrected chi connectivity index (χ1v) is 8.50. The Labute approximate surface area is 104 Å². The molecule has 2 saturated heterocycles. The summed E-state index contributed by atoms with van der Waals surface area (Å²) in [4.78, 5) is 0. The average Bonchev–Trinajstić information content (AvgIpc) is 2.85. The molecular weight excluding hydrogens is 236 g/mol. The van der Waals surface area contributed by atoms with Crippen LogP contribution in [0, 0.1) is 5.92 Å². The van der Waals surface area contributed by atoms with E-state index in [9.17, 15) is 8.42 Å². The molecule has 0 aromatic carbocycles. The van der Waals surface area contributed by atoms with Crippen molar-refractivity contribution in [2.45, 2.75) is 50.6 Å². The Hall–Kier alpha value is -0.130. The molecule has 0 bridgehead atoms. The van der Waals surface area contributed by atoms with Crippen LogP contribution < -0.4 is 5.32 Å². The van der Waals surface area contributed by atoms with Crippen LogP contribution in [0.1, 0.15) is 38.5 Å². The van der Waals surface area contributed by atoms with Gasteiger partial charge in [0.05, 0.1) is 5.75 Å². The van der Waals surface area contributed by atoms with Crippen molar-refractivity contribution in [2.75, 3.05) is 18.8 Å². The van der Waals surface area contributed by atoms with Gasteiger partial charge in [-0.15, -0.1) is 0 Å². The maximum Gasteiger partial charge on any atom is 0.214 e. The molecule has 98 valence electrons. The lowest BCUT2D eigenvalue weighted by Gasteiger charge is -2.28. The van der Waals surface area contributed by atoms with Gasteiger partial charge in [-0.3, -0.25) is 0 Å². The van der Waals surface area contributed by atoms with Gasteiger partial charge in [-0.25, -0.2) is 8.42 Å². The van der Waals surface area contributed by atoms with E-state index in [1.54, 1.807) is 0 Å². The van der Waals surface area contributed by atoms with Gasteiger partial charge in [0, 0.05) is 18.6 Å². The van der Waals surface area contributed by atoms with E-state index in [-0.39, 0.29) is 6.04 Å². The highest BCUT2D eigenvalue weighted by Crippen LogP contribution is 2.34. The van der Waals surface area contributed by atoms with E-state index in [0.717, 1.165) is 45.2 Å². The lowest BCUT2D eigenvalue weighted by Crippen LogP contribution is -2.47. The molecule has 4 nitrogen and oxygen atoms in total. The lowest BCUT2D eigenvalue weighted by atomic mass is 10.1. The monoisotopic (exact) mass is 258 g/mol. The summed E-state index contributed by atoms with van der Waals surface area (Å²) in [7, 11) is -2.99. The first-order valence-electron chi connectivity index (χ1n) is 6.90. The molecule has 3 rings (SSSR count). The number of nitrogens with one attached hydrogen (secondary N) is 1. The quantitative estimate of drug-likeness (QED) is 0.816. The van der Waals surface area contributed by atoms with Gasteiger partial charge in [0.1, 0.15) is 0 Å². The zero-order chi connectivity index (χ0) is 11.9. The number of nitrogens with zero attached hydrogens (tertiary/aromatic N) is 1. The molecule has 2 heterocycles. The third kappa shape index (κ3) is 2.51. The van der Waals surface area contributed by atoms with E-state index >= 15 is 0 Å². The Morgan fingerprint density at radius 3 is 2.59 bits per heavy atom. The average molecular weight is 258 g/mol. The second-order valence-electron chi connectivity index (χ2n) is 5.75. The van der Waals surface area contributed by atoms with Crippen LogP contribution in [0.4, 0.5) is 0 Å². The Balaban J connectivity index is 1.71. The zero-order valence-electron chi connectivity index (χ0n) is 10.3. The maximum atomic E-state index is 12.3. The second-order valence-corrected chi connectivity index (χ2v) is 7.71. The summed E-state index contributed by atoms with van der Waals surface area (Å²) in [5.74, 6) is 0.855. The fraction of sp³-hybridized carbons (Fsp3) is 1.00. The van der Waals surface area contributed by atoms with Gasteiger partial charge in [0.2, 0.25) is 10.0 Å². The Bertz CT molecular complexity index is 372. The van der Waals surface area contributed by atoms with E-state index < -0.39 is 10.0 Å². The van der Waals surface area contributed by atoms with Crippen molar-refractivity contribution in [2.24, 2.45) is 5.92 Å². The molecule has 2 unspecified atom stereocenters. The van der Waals surface area contributed by atoms with Crippen LogP contribution in [0.2, 0.25) is 0 Å². The smallest absolute Gasteiger partial charge is 0.214 e. The maximum absolute atomic E-state index is 12.3. The van der Waals surface area contributed by atoms with Gasteiger partial charge in [-0.05, 0) is 51.0 Å². The van der Waals surface area contributed by atoms with E-state index in [4.69, 9.17) is 0 Å². The van der Waals surface area contributed by atoms with Crippen LogP contribution in [-0.4, -0.2) is 43.6 Å². The van der Waals surface area contributed by atoms with Crippen molar-refractivity contribution < 1.29 is 8.42 Å². The number of rotatable bonds is 4. The predicted octanol–water partition coefficient (Wildman–Crippen LogP) is 0.943. The van der Waals surface area contributed by atoms with Gasteiger partial charge in [-0.2, -0.15) is 4.31 Å². The minimum Gasteiger partial charge on any atom is -0.312 e. The fourth-order valence-electron chi connectivity index (χ4n) is 3.23. The van der Waals surface area contributed by atoms with Crippen LogP contribution >= 0.6 is 0 Å². The standard InChI is InChI=1S/C12H22N2O2S/c15-17(16,9-10-5-6-10)14-8-2-4-12(14)11-3-1-7-13-11/h10-13H,1-9H2. The number of hydrogen-bond acceptors (Lipinski definition) is 3. The second kappa shape index (κ2) is 4.52. The highest BCUT2D eigenvalue weighted by molar-refractivity contribution is 7.89. The van der Waals surface area contributed by atoms with Gasteiger partial charge in [0.25, 0.3) is 0 Å². The molecule has 2 atom stereocenters. The van der Waals surface area contributed by atoms with Crippen LogP contribution in [0.15, 0.2) is 0 Å². The molecule has 1 N–H and O–H groups in total. The first-order chi connectivity index (χ1) is 8.17. The highest BCUT2D eigenvalue weighted by atomic mass is 32.2. The van der Waals surface area contributed by atoms with Gasteiger partial charge < -0.3 is 5.32 Å². The Kier molecular flexibility index (Phi) is 3.17. The molecule has 1 aliphatic carbocycles. The zero-order valence-corrected chi connectivity index (χ0v) is 11.1.